The highest BCUT2D eigenvalue weighted by atomic mass is 32.1. The van der Waals surface area contributed by atoms with Gasteiger partial charge < -0.3 is 14.7 Å². The summed E-state index contributed by atoms with van der Waals surface area (Å²) in [6, 6.07) is -1.40. The number of carbonyl (C=O) groups is 2. The van der Waals surface area contributed by atoms with Crippen molar-refractivity contribution in [3.63, 3.8) is 0 Å². The molecule has 1 aliphatic rings. The molecule has 0 spiro atoms. The summed E-state index contributed by atoms with van der Waals surface area (Å²) in [5.41, 5.74) is 0.946. The Kier molecular flexibility index (Phi) is 4.56. The Hall–Kier alpha value is -1.67. The van der Waals surface area contributed by atoms with Crippen LogP contribution in [-0.4, -0.2) is 52.8 Å². The topological polar surface area (TPSA) is 91.8 Å². The van der Waals surface area contributed by atoms with Crippen molar-refractivity contribution in [3.8, 4) is 0 Å². The van der Waals surface area contributed by atoms with Crippen LogP contribution in [0.1, 0.15) is 17.5 Å². The molecule has 1 saturated heterocycles. The minimum atomic E-state index is -1.07. The van der Waals surface area contributed by atoms with E-state index in [1.807, 2.05) is 13.8 Å². The summed E-state index contributed by atoms with van der Waals surface area (Å²) in [6.45, 7) is 4.55. The molecular weight excluding hydrogens is 282 g/mol. The first kappa shape index (κ1) is 14.7. The largest absolute Gasteiger partial charge is 0.480 e. The van der Waals surface area contributed by atoms with Crippen LogP contribution in [0.25, 0.3) is 0 Å². The number of carboxylic acids is 1. The SMILES string of the molecule is CCc1nc(NC(=O)N2CCOCC2C(=O)O)sc1C. The van der Waals surface area contributed by atoms with E-state index in [1.165, 1.54) is 16.2 Å². The fourth-order valence-corrected chi connectivity index (χ4v) is 2.92. The van der Waals surface area contributed by atoms with Gasteiger partial charge in [0.25, 0.3) is 0 Å². The van der Waals surface area contributed by atoms with Crippen LogP contribution >= 0.6 is 11.3 Å². The number of aryl methyl sites for hydroxylation is 2. The van der Waals surface area contributed by atoms with Gasteiger partial charge in [0.05, 0.1) is 18.9 Å². The van der Waals surface area contributed by atoms with Crippen molar-refractivity contribution in [1.82, 2.24) is 9.88 Å². The smallest absolute Gasteiger partial charge is 0.328 e. The summed E-state index contributed by atoms with van der Waals surface area (Å²) in [7, 11) is 0. The zero-order valence-corrected chi connectivity index (χ0v) is 12.2. The Bertz CT molecular complexity index is 517. The summed E-state index contributed by atoms with van der Waals surface area (Å²) in [5.74, 6) is -1.07. The molecule has 2 heterocycles. The molecule has 0 saturated carbocycles. The van der Waals surface area contributed by atoms with E-state index < -0.39 is 18.0 Å². The molecule has 1 aromatic rings. The number of thiazole rings is 1. The van der Waals surface area contributed by atoms with Gasteiger partial charge in [0.1, 0.15) is 0 Å². The number of ether oxygens (including phenoxy) is 1. The Labute approximate surface area is 120 Å². The molecule has 0 bridgehead atoms. The Morgan fingerprint density at radius 2 is 2.35 bits per heavy atom. The molecule has 110 valence electrons. The summed E-state index contributed by atoms with van der Waals surface area (Å²) in [4.78, 5) is 29.9. The maximum atomic E-state index is 12.2. The first-order valence-corrected chi connectivity index (χ1v) is 7.19. The van der Waals surface area contributed by atoms with Gasteiger partial charge >= 0.3 is 12.0 Å². The van der Waals surface area contributed by atoms with Crippen LogP contribution < -0.4 is 5.32 Å². The predicted octanol–water partition coefficient (Wildman–Crippen LogP) is 1.33. The molecule has 2 N–H and O–H groups in total. The molecular formula is C12H17N3O4S. The molecule has 7 nitrogen and oxygen atoms in total. The summed E-state index contributed by atoms with van der Waals surface area (Å²) in [5, 5.41) is 12.3. The monoisotopic (exact) mass is 299 g/mol. The van der Waals surface area contributed by atoms with E-state index >= 15 is 0 Å². The number of urea groups is 1. The fraction of sp³-hybridized carbons (Fsp3) is 0.583. The number of aliphatic carboxylic acids is 1. The molecule has 1 aliphatic heterocycles. The van der Waals surface area contributed by atoms with E-state index in [1.54, 1.807) is 0 Å². The lowest BCUT2D eigenvalue weighted by molar-refractivity contribution is -0.147. The van der Waals surface area contributed by atoms with Gasteiger partial charge in [-0.25, -0.2) is 14.6 Å². The average Bonchev–Trinajstić information content (AvgIpc) is 2.78. The van der Waals surface area contributed by atoms with Crippen LogP contribution in [0.2, 0.25) is 0 Å². The summed E-state index contributed by atoms with van der Waals surface area (Å²) in [6.07, 6.45) is 0.799. The third-order valence-electron chi connectivity index (χ3n) is 3.12. The number of hydrogen-bond donors (Lipinski definition) is 2. The van der Waals surface area contributed by atoms with Crippen molar-refractivity contribution >= 4 is 28.5 Å². The highest BCUT2D eigenvalue weighted by molar-refractivity contribution is 7.15. The van der Waals surface area contributed by atoms with Crippen molar-refractivity contribution < 1.29 is 19.4 Å². The van der Waals surface area contributed by atoms with Gasteiger partial charge in [-0.3, -0.25) is 5.32 Å². The maximum Gasteiger partial charge on any atom is 0.328 e. The number of carbonyl (C=O) groups excluding carboxylic acids is 1. The van der Waals surface area contributed by atoms with Crippen molar-refractivity contribution in [1.29, 1.82) is 0 Å². The normalized spacial score (nSPS) is 18.9. The third kappa shape index (κ3) is 3.07. The highest BCUT2D eigenvalue weighted by Gasteiger charge is 2.33. The number of morpholine rings is 1. The van der Waals surface area contributed by atoms with Gasteiger partial charge in [0, 0.05) is 11.4 Å². The van der Waals surface area contributed by atoms with E-state index in [-0.39, 0.29) is 13.2 Å². The van der Waals surface area contributed by atoms with E-state index in [4.69, 9.17) is 9.84 Å². The number of rotatable bonds is 3. The molecule has 1 aromatic heterocycles. The minimum absolute atomic E-state index is 0.0138. The van der Waals surface area contributed by atoms with Gasteiger partial charge in [-0.2, -0.15) is 0 Å². The quantitative estimate of drug-likeness (QED) is 0.878. The van der Waals surface area contributed by atoms with Gasteiger partial charge in [-0.1, -0.05) is 6.92 Å². The van der Waals surface area contributed by atoms with Crippen molar-refractivity contribution in [2.24, 2.45) is 0 Å². The van der Waals surface area contributed by atoms with Crippen LogP contribution in [0.5, 0.6) is 0 Å². The Morgan fingerprint density at radius 3 is 2.95 bits per heavy atom. The first-order valence-electron chi connectivity index (χ1n) is 6.37. The molecule has 1 unspecified atom stereocenters. The second-order valence-corrected chi connectivity index (χ2v) is 5.63. The zero-order valence-electron chi connectivity index (χ0n) is 11.4. The van der Waals surface area contributed by atoms with Crippen LogP contribution in [0.15, 0.2) is 0 Å². The lowest BCUT2D eigenvalue weighted by Crippen LogP contribution is -2.53. The number of anilines is 1. The second kappa shape index (κ2) is 6.19. The number of nitrogens with zero attached hydrogens (tertiary/aromatic N) is 2. The van der Waals surface area contributed by atoms with Crippen molar-refractivity contribution in [2.75, 3.05) is 25.1 Å². The van der Waals surface area contributed by atoms with E-state index in [0.717, 1.165) is 17.0 Å². The van der Waals surface area contributed by atoms with E-state index in [0.29, 0.717) is 11.7 Å². The Morgan fingerprint density at radius 1 is 1.60 bits per heavy atom. The Balaban J connectivity index is 2.07. The van der Waals surface area contributed by atoms with Crippen molar-refractivity contribution in [2.45, 2.75) is 26.3 Å². The maximum absolute atomic E-state index is 12.2. The summed E-state index contributed by atoms with van der Waals surface area (Å²) < 4.78 is 5.10. The summed E-state index contributed by atoms with van der Waals surface area (Å²) >= 11 is 1.39. The van der Waals surface area contributed by atoms with Crippen molar-refractivity contribution in [3.05, 3.63) is 10.6 Å². The molecule has 0 aromatic carbocycles. The van der Waals surface area contributed by atoms with Gasteiger partial charge in [0.15, 0.2) is 11.2 Å². The fourth-order valence-electron chi connectivity index (χ4n) is 2.02. The molecule has 8 heteroatoms. The second-order valence-electron chi connectivity index (χ2n) is 4.43. The van der Waals surface area contributed by atoms with Crippen LogP contribution in [0.4, 0.5) is 9.93 Å². The zero-order chi connectivity index (χ0) is 14.7. The molecule has 1 fully saturated rings. The van der Waals surface area contributed by atoms with Gasteiger partial charge in [-0.05, 0) is 13.3 Å². The average molecular weight is 299 g/mol. The number of nitrogens with one attached hydrogen (secondary N) is 1. The van der Waals surface area contributed by atoms with Crippen LogP contribution in [0.3, 0.4) is 0 Å². The van der Waals surface area contributed by atoms with E-state index in [2.05, 4.69) is 10.3 Å². The molecule has 2 amide bonds. The number of carboxylic acid groups (broad SMARTS) is 1. The first-order chi connectivity index (χ1) is 9.52. The molecule has 2 rings (SSSR count). The van der Waals surface area contributed by atoms with Crippen LogP contribution in [0, 0.1) is 6.92 Å². The lowest BCUT2D eigenvalue weighted by Gasteiger charge is -2.32. The van der Waals surface area contributed by atoms with Crippen LogP contribution in [-0.2, 0) is 16.0 Å². The number of hydrogen-bond acceptors (Lipinski definition) is 5. The molecule has 0 aliphatic carbocycles. The van der Waals surface area contributed by atoms with E-state index in [9.17, 15) is 9.59 Å². The number of aromatic nitrogens is 1. The number of amides is 2. The minimum Gasteiger partial charge on any atom is -0.480 e. The van der Waals surface area contributed by atoms with Gasteiger partial charge in [0.2, 0.25) is 0 Å². The highest BCUT2D eigenvalue weighted by Crippen LogP contribution is 2.23. The molecule has 1 atom stereocenters. The lowest BCUT2D eigenvalue weighted by atomic mass is 10.2. The molecule has 0 radical (unpaired) electrons. The standard InChI is InChI=1S/C12H17N3O4S/c1-3-8-7(2)20-11(13-8)14-12(18)15-4-5-19-6-9(15)10(16)17/h9H,3-6H2,1-2H3,(H,16,17)(H,13,14,18). The van der Waals surface area contributed by atoms with Gasteiger partial charge in [-0.15, -0.1) is 11.3 Å². The third-order valence-corrected chi connectivity index (χ3v) is 4.04. The molecule has 20 heavy (non-hydrogen) atoms. The predicted molar refractivity (Wildman–Crippen MR) is 74.2 cm³/mol.